The maximum atomic E-state index is 11.7. The van der Waals surface area contributed by atoms with Crippen molar-refractivity contribution in [3.05, 3.63) is 60.2 Å². The summed E-state index contributed by atoms with van der Waals surface area (Å²) in [6.07, 6.45) is 15.6. The number of esters is 1. The normalized spacial score (nSPS) is 22.1. The highest BCUT2D eigenvalue weighted by atomic mass is 28.4. The van der Waals surface area contributed by atoms with Crippen LogP contribution in [0.5, 0.6) is 0 Å². The van der Waals surface area contributed by atoms with Crippen LogP contribution in [0.4, 0.5) is 0 Å². The van der Waals surface area contributed by atoms with E-state index >= 15 is 0 Å². The van der Waals surface area contributed by atoms with Gasteiger partial charge in [0.25, 0.3) is 0 Å². The second kappa shape index (κ2) is 18.2. The van der Waals surface area contributed by atoms with Gasteiger partial charge in [-0.25, -0.2) is 0 Å². The molecule has 5 nitrogen and oxygen atoms in total. The molecule has 8 heteroatoms. The van der Waals surface area contributed by atoms with E-state index in [1.807, 2.05) is 0 Å². The third kappa shape index (κ3) is 13.3. The lowest BCUT2D eigenvalue weighted by atomic mass is 9.89. The Hall–Kier alpha value is -1.30. The second-order valence-electron chi connectivity index (χ2n) is 19.3. The van der Waals surface area contributed by atoms with Crippen LogP contribution in [0.1, 0.15) is 106 Å². The van der Waals surface area contributed by atoms with E-state index in [1.165, 1.54) is 12.7 Å². The molecule has 0 aromatic heterocycles. The molecule has 50 heavy (non-hydrogen) atoms. The highest BCUT2D eigenvalue weighted by molar-refractivity contribution is 6.75. The molecule has 0 N–H and O–H groups in total. The third-order valence-electron chi connectivity index (χ3n) is 12.3. The lowest BCUT2D eigenvalue weighted by molar-refractivity contribution is -0.140. The molecule has 1 aliphatic rings. The zero-order chi connectivity index (χ0) is 38.2. The molecule has 2 rings (SSSR count). The van der Waals surface area contributed by atoms with Gasteiger partial charge in [0, 0.05) is 12.3 Å². The van der Waals surface area contributed by atoms with Crippen LogP contribution in [0.3, 0.4) is 0 Å². The van der Waals surface area contributed by atoms with Crippen LogP contribution in [-0.2, 0) is 29.2 Å². The third-order valence-corrected chi connectivity index (χ3v) is 25.8. The first-order valence-electron chi connectivity index (χ1n) is 19.3. The molecular weight excluding hydrogens is 669 g/mol. The summed E-state index contributed by atoms with van der Waals surface area (Å²) >= 11 is 0. The van der Waals surface area contributed by atoms with Crippen molar-refractivity contribution in [2.45, 2.75) is 180 Å². The molecule has 1 aliphatic carbocycles. The molecule has 5 atom stereocenters. The van der Waals surface area contributed by atoms with Crippen molar-refractivity contribution in [3.8, 4) is 0 Å². The van der Waals surface area contributed by atoms with E-state index < -0.39 is 25.0 Å². The molecule has 0 heterocycles. The molecule has 0 bridgehead atoms. The van der Waals surface area contributed by atoms with Gasteiger partial charge in [0.15, 0.2) is 25.0 Å². The van der Waals surface area contributed by atoms with Crippen LogP contribution in [0, 0.1) is 11.8 Å². The standard InChI is InChI=1S/C42H76O5Si3/c1-40(2,3)48(11,12)45-34(29-28-33-24-20-19-21-25-33)30-31-36-35(26-22-17-18-23-27-39(43)44-10)37(46-49(13,14)41(4,5)6)32-38(36)47-50(15,16)42(7,8)9/h17,19-22,24-25,30-31,34-38H,18,23,26-29,32H2,1-16H3/t34-,35+,36+,37?,38+/m0/s1. The van der Waals surface area contributed by atoms with E-state index in [-0.39, 0.29) is 51.2 Å². The average Bonchev–Trinajstić information content (AvgIpc) is 3.28. The van der Waals surface area contributed by atoms with Crippen LogP contribution >= 0.6 is 0 Å². The van der Waals surface area contributed by atoms with E-state index in [0.717, 1.165) is 38.5 Å². The minimum atomic E-state index is -2.07. The molecule has 1 fully saturated rings. The number of carbonyl (C=O) groups is 1. The first kappa shape index (κ1) is 44.9. The number of hydrogen-bond acceptors (Lipinski definition) is 5. The fourth-order valence-electron chi connectivity index (χ4n) is 5.83. The van der Waals surface area contributed by atoms with Crippen molar-refractivity contribution in [1.29, 1.82) is 0 Å². The Morgan fingerprint density at radius 1 is 0.800 bits per heavy atom. The van der Waals surface area contributed by atoms with Gasteiger partial charge in [-0.05, 0) is 104 Å². The number of ether oxygens (including phenoxy) is 1. The fourth-order valence-corrected chi connectivity index (χ4v) is 9.88. The van der Waals surface area contributed by atoms with Crippen molar-refractivity contribution < 1.29 is 22.8 Å². The van der Waals surface area contributed by atoms with Crippen molar-refractivity contribution in [2.24, 2.45) is 11.8 Å². The maximum Gasteiger partial charge on any atom is 0.305 e. The molecule has 1 saturated carbocycles. The highest BCUT2D eigenvalue weighted by Crippen LogP contribution is 2.48. The lowest BCUT2D eigenvalue weighted by Gasteiger charge is -2.40. The van der Waals surface area contributed by atoms with Crippen LogP contribution in [0.25, 0.3) is 0 Å². The van der Waals surface area contributed by atoms with Crippen LogP contribution in [0.15, 0.2) is 54.6 Å². The van der Waals surface area contributed by atoms with Crippen LogP contribution in [-0.4, -0.2) is 56.3 Å². The zero-order valence-electron chi connectivity index (χ0n) is 35.1. The molecule has 0 amide bonds. The van der Waals surface area contributed by atoms with Crippen LogP contribution in [0.2, 0.25) is 54.4 Å². The van der Waals surface area contributed by atoms with Gasteiger partial charge in [-0.1, -0.05) is 117 Å². The van der Waals surface area contributed by atoms with Gasteiger partial charge in [-0.2, -0.15) is 0 Å². The lowest BCUT2D eigenvalue weighted by Crippen LogP contribution is -2.45. The van der Waals surface area contributed by atoms with E-state index in [2.05, 4.69) is 156 Å². The number of allylic oxidation sites excluding steroid dienone is 2. The predicted molar refractivity (Wildman–Crippen MR) is 221 cm³/mol. The number of benzene rings is 1. The molecule has 1 unspecified atom stereocenters. The SMILES string of the molecule is COC(=O)CCCC=CC[C@H]1C(O[Si](C)(C)C(C)(C)C)C[C@@H](O[Si](C)(C)C(C)(C)C)[C@@H]1C=C[C@H](CCc1ccccc1)O[Si](C)(C)C(C)(C)C. The summed E-state index contributed by atoms with van der Waals surface area (Å²) in [4.78, 5) is 11.7. The quantitative estimate of drug-likeness (QED) is 0.0688. The number of methoxy groups -OCH3 is 1. The minimum Gasteiger partial charge on any atom is -0.469 e. The van der Waals surface area contributed by atoms with E-state index in [4.69, 9.17) is 18.0 Å². The summed E-state index contributed by atoms with van der Waals surface area (Å²) in [7, 11) is -4.70. The second-order valence-corrected chi connectivity index (χ2v) is 33.6. The Bertz CT molecular complexity index is 1230. The van der Waals surface area contributed by atoms with Gasteiger partial charge >= 0.3 is 5.97 Å². The summed E-state index contributed by atoms with van der Waals surface area (Å²) in [5, 5.41) is 0.347. The summed E-state index contributed by atoms with van der Waals surface area (Å²) < 4.78 is 26.7. The number of unbranched alkanes of at least 4 members (excludes halogenated alkanes) is 1. The first-order chi connectivity index (χ1) is 22.8. The minimum absolute atomic E-state index is 0.0273. The molecule has 0 radical (unpaired) electrons. The molecule has 0 aliphatic heterocycles. The summed E-state index contributed by atoms with van der Waals surface area (Å²) in [6.45, 7) is 35.3. The Balaban J connectivity index is 2.57. The number of carbonyl (C=O) groups excluding carboxylic acids is 1. The highest BCUT2D eigenvalue weighted by Gasteiger charge is 2.50. The Labute approximate surface area is 311 Å². The topological polar surface area (TPSA) is 54.0 Å². The Morgan fingerprint density at radius 2 is 1.34 bits per heavy atom. The fraction of sp³-hybridized carbons (Fsp3) is 0.738. The number of aryl methyl sites for hydroxylation is 1. The molecule has 0 spiro atoms. The molecular formula is C42H76O5Si3. The van der Waals surface area contributed by atoms with E-state index in [1.54, 1.807) is 0 Å². The first-order valence-corrected chi connectivity index (χ1v) is 28.0. The van der Waals surface area contributed by atoms with Gasteiger partial charge in [-0.15, -0.1) is 0 Å². The van der Waals surface area contributed by atoms with Gasteiger partial charge < -0.3 is 18.0 Å². The smallest absolute Gasteiger partial charge is 0.305 e. The number of rotatable bonds is 17. The Morgan fingerprint density at radius 3 is 1.86 bits per heavy atom. The van der Waals surface area contributed by atoms with Gasteiger partial charge in [0.05, 0.1) is 25.4 Å². The van der Waals surface area contributed by atoms with Crippen molar-refractivity contribution in [2.75, 3.05) is 7.11 Å². The van der Waals surface area contributed by atoms with Crippen molar-refractivity contribution in [3.63, 3.8) is 0 Å². The average molecular weight is 745 g/mol. The van der Waals surface area contributed by atoms with Crippen molar-refractivity contribution >= 4 is 30.9 Å². The Kier molecular flexibility index (Phi) is 16.3. The monoisotopic (exact) mass is 745 g/mol. The van der Waals surface area contributed by atoms with E-state index in [9.17, 15) is 4.79 Å². The molecule has 286 valence electrons. The summed E-state index contributed by atoms with van der Waals surface area (Å²) in [5.41, 5.74) is 1.35. The summed E-state index contributed by atoms with van der Waals surface area (Å²) in [6, 6.07) is 10.8. The molecule has 1 aromatic rings. The number of hydrogen-bond donors (Lipinski definition) is 0. The summed E-state index contributed by atoms with van der Waals surface area (Å²) in [5.74, 6) is 0.352. The molecule has 1 aromatic carbocycles. The van der Waals surface area contributed by atoms with Gasteiger partial charge in [-0.3, -0.25) is 4.79 Å². The zero-order valence-corrected chi connectivity index (χ0v) is 38.1. The molecule has 0 saturated heterocycles. The van der Waals surface area contributed by atoms with Crippen molar-refractivity contribution in [1.82, 2.24) is 0 Å². The van der Waals surface area contributed by atoms with Gasteiger partial charge in [0.1, 0.15) is 0 Å². The predicted octanol–water partition coefficient (Wildman–Crippen LogP) is 12.3. The maximum absolute atomic E-state index is 11.7. The largest absolute Gasteiger partial charge is 0.469 e. The van der Waals surface area contributed by atoms with E-state index in [0.29, 0.717) is 6.42 Å². The van der Waals surface area contributed by atoms with Crippen LogP contribution < -0.4 is 0 Å². The van der Waals surface area contributed by atoms with Gasteiger partial charge in [0.2, 0.25) is 0 Å².